The number of alkyl carbamates (subject to hydrolysis) is 2. The highest BCUT2D eigenvalue weighted by molar-refractivity contribution is 5.82. The zero-order valence-corrected chi connectivity index (χ0v) is 29.2. The van der Waals surface area contributed by atoms with Crippen molar-refractivity contribution in [3.63, 3.8) is 0 Å². The van der Waals surface area contributed by atoms with Gasteiger partial charge in [-0.25, -0.2) is 24.0 Å². The predicted molar refractivity (Wildman–Crippen MR) is 182 cm³/mol. The van der Waals surface area contributed by atoms with Gasteiger partial charge in [0.2, 0.25) is 0 Å². The normalized spacial score (nSPS) is 18.1. The van der Waals surface area contributed by atoms with Crippen LogP contribution in [0.15, 0.2) is 76.4 Å². The maximum absolute atomic E-state index is 13.5. The zero-order valence-electron chi connectivity index (χ0n) is 29.2. The number of nitrogens with zero attached hydrogens (tertiary/aromatic N) is 1. The van der Waals surface area contributed by atoms with Gasteiger partial charge in [-0.3, -0.25) is 14.3 Å². The first kappa shape index (κ1) is 38.4. The fourth-order valence-electron chi connectivity index (χ4n) is 5.20. The van der Waals surface area contributed by atoms with E-state index >= 15 is 0 Å². The first-order valence-electron chi connectivity index (χ1n) is 16.6. The lowest BCUT2D eigenvalue weighted by Gasteiger charge is -2.25. The van der Waals surface area contributed by atoms with Crippen molar-refractivity contribution in [3.05, 3.63) is 104 Å². The van der Waals surface area contributed by atoms with Gasteiger partial charge in [-0.05, 0) is 29.9 Å². The van der Waals surface area contributed by atoms with Crippen LogP contribution in [0.4, 0.5) is 9.59 Å². The molecule has 1 aliphatic heterocycles. The van der Waals surface area contributed by atoms with E-state index < -0.39 is 84.3 Å². The smallest absolute Gasteiger partial charge is 0.408 e. The Morgan fingerprint density at radius 1 is 0.804 bits per heavy atom. The lowest BCUT2D eigenvalue weighted by Crippen LogP contribution is -2.48. The highest BCUT2D eigenvalue weighted by Gasteiger charge is 2.42. The Balaban J connectivity index is 1.44. The molecule has 1 aromatic heterocycles. The van der Waals surface area contributed by atoms with E-state index in [4.69, 9.17) is 23.7 Å². The Morgan fingerprint density at radius 2 is 1.31 bits per heavy atom. The zero-order chi connectivity index (χ0) is 37.1. The lowest BCUT2D eigenvalue weighted by atomic mass is 10.0. The van der Waals surface area contributed by atoms with E-state index in [0.717, 1.165) is 15.7 Å². The molecule has 2 aromatic carbocycles. The topological polar surface area (TPSA) is 193 Å². The van der Waals surface area contributed by atoms with Crippen molar-refractivity contribution in [3.8, 4) is 0 Å². The van der Waals surface area contributed by atoms with E-state index in [0.29, 0.717) is 0 Å². The largest absolute Gasteiger partial charge is 0.461 e. The SMILES string of the molecule is Cc1cn([C@H]2C[C@H](OC(=O)[C@@H](NC(=O)OCc3ccccc3)C(C)C)[C@@H](COC(=O)[C@@H](NC(=O)OCc3ccccc3)C(C)C)O2)c(=O)[nH]c1=O. The summed E-state index contributed by atoms with van der Waals surface area (Å²) in [6, 6.07) is 15.8. The number of H-pyrrole nitrogens is 1. The second-order valence-electron chi connectivity index (χ2n) is 12.8. The average Bonchev–Trinajstić information content (AvgIpc) is 3.50. The molecule has 2 amide bonds. The molecule has 1 fully saturated rings. The third-order valence-corrected chi connectivity index (χ3v) is 8.11. The molecule has 1 aliphatic rings. The molecular weight excluding hydrogens is 664 g/mol. The minimum Gasteiger partial charge on any atom is -0.461 e. The summed E-state index contributed by atoms with van der Waals surface area (Å²) in [7, 11) is 0. The first-order chi connectivity index (χ1) is 24.3. The van der Waals surface area contributed by atoms with Gasteiger partial charge in [-0.2, -0.15) is 0 Å². The van der Waals surface area contributed by atoms with Crippen molar-refractivity contribution in [1.29, 1.82) is 0 Å². The molecule has 0 radical (unpaired) electrons. The molecule has 4 rings (SSSR count). The average molecular weight is 709 g/mol. The van der Waals surface area contributed by atoms with E-state index in [9.17, 15) is 28.8 Å². The summed E-state index contributed by atoms with van der Waals surface area (Å²) in [4.78, 5) is 78.8. The monoisotopic (exact) mass is 708 g/mol. The maximum atomic E-state index is 13.5. The fraction of sp³-hybridized carbons (Fsp3) is 0.444. The second-order valence-corrected chi connectivity index (χ2v) is 12.8. The first-order valence-corrected chi connectivity index (χ1v) is 16.6. The van der Waals surface area contributed by atoms with E-state index in [2.05, 4.69) is 15.6 Å². The molecule has 2 heterocycles. The Kier molecular flexibility index (Phi) is 13.5. The number of amides is 2. The number of carbonyl (C=O) groups excluding carboxylic acids is 4. The van der Waals surface area contributed by atoms with E-state index in [-0.39, 0.29) is 25.2 Å². The van der Waals surface area contributed by atoms with Gasteiger partial charge in [0, 0.05) is 18.2 Å². The van der Waals surface area contributed by atoms with Crippen LogP contribution >= 0.6 is 0 Å². The molecule has 0 aliphatic carbocycles. The summed E-state index contributed by atoms with van der Waals surface area (Å²) in [5.74, 6) is -2.41. The molecule has 15 heteroatoms. The van der Waals surface area contributed by atoms with Crippen LogP contribution < -0.4 is 21.9 Å². The molecular formula is C36H44N4O11. The van der Waals surface area contributed by atoms with Crippen LogP contribution in [0.25, 0.3) is 0 Å². The number of rotatable bonds is 14. The van der Waals surface area contributed by atoms with Crippen LogP contribution in [-0.2, 0) is 46.5 Å². The second kappa shape index (κ2) is 18.0. The van der Waals surface area contributed by atoms with Crippen molar-refractivity contribution in [2.24, 2.45) is 11.8 Å². The molecule has 0 spiro atoms. The minimum absolute atomic E-state index is 0.00252. The van der Waals surface area contributed by atoms with Crippen LogP contribution in [0.2, 0.25) is 0 Å². The maximum Gasteiger partial charge on any atom is 0.408 e. The molecule has 3 aromatic rings. The highest BCUT2D eigenvalue weighted by Crippen LogP contribution is 2.31. The summed E-state index contributed by atoms with van der Waals surface area (Å²) in [5.41, 5.74) is 0.446. The van der Waals surface area contributed by atoms with E-state index in [1.54, 1.807) is 76.2 Å². The van der Waals surface area contributed by atoms with Crippen molar-refractivity contribution in [2.45, 2.75) is 84.8 Å². The molecule has 5 atom stereocenters. The van der Waals surface area contributed by atoms with Crippen LogP contribution in [-0.4, -0.2) is 64.6 Å². The van der Waals surface area contributed by atoms with Crippen LogP contribution in [0.5, 0.6) is 0 Å². The molecule has 274 valence electrons. The van der Waals surface area contributed by atoms with Gasteiger partial charge in [0.05, 0.1) is 0 Å². The number of carbonyl (C=O) groups is 4. The van der Waals surface area contributed by atoms with E-state index in [1.165, 1.54) is 13.1 Å². The number of esters is 2. The third kappa shape index (κ3) is 11.0. The summed E-state index contributed by atoms with van der Waals surface area (Å²) >= 11 is 0. The Labute approximate surface area is 294 Å². The third-order valence-electron chi connectivity index (χ3n) is 8.11. The molecule has 3 N–H and O–H groups in total. The van der Waals surface area contributed by atoms with Crippen molar-refractivity contribution in [2.75, 3.05) is 6.61 Å². The molecule has 1 saturated heterocycles. The number of aromatic amines is 1. The van der Waals surface area contributed by atoms with Crippen molar-refractivity contribution >= 4 is 24.1 Å². The van der Waals surface area contributed by atoms with Gasteiger partial charge < -0.3 is 34.3 Å². The Morgan fingerprint density at radius 3 is 1.82 bits per heavy atom. The summed E-state index contributed by atoms with van der Waals surface area (Å²) < 4.78 is 29.2. The Hall–Kier alpha value is -5.44. The highest BCUT2D eigenvalue weighted by atomic mass is 16.6. The van der Waals surface area contributed by atoms with Crippen LogP contribution in [0, 0.1) is 18.8 Å². The predicted octanol–water partition coefficient (Wildman–Crippen LogP) is 3.49. The number of benzene rings is 2. The van der Waals surface area contributed by atoms with Gasteiger partial charge in [0.15, 0.2) is 0 Å². The lowest BCUT2D eigenvalue weighted by molar-refractivity contribution is -0.162. The van der Waals surface area contributed by atoms with Crippen molar-refractivity contribution < 1.29 is 42.9 Å². The fourth-order valence-corrected chi connectivity index (χ4v) is 5.20. The van der Waals surface area contributed by atoms with Gasteiger partial charge >= 0.3 is 29.8 Å². The standard InChI is InChI=1S/C36H44N4O11/c1-21(2)29(37-35(45)48-18-24-12-8-6-9-13-24)32(42)47-20-27-26(16-28(50-27)40-17-23(5)31(41)39-34(40)44)51-33(43)30(22(3)4)38-36(46)49-19-25-14-10-7-11-15-25/h6-15,17,21-22,26-30H,16,18-20H2,1-5H3,(H,37,45)(H,38,46)(H,39,41,44)/t26-,27+,28+,29-,30-/m0/s1. The van der Waals surface area contributed by atoms with Gasteiger partial charge in [-0.1, -0.05) is 88.4 Å². The number of ether oxygens (including phenoxy) is 5. The summed E-state index contributed by atoms with van der Waals surface area (Å²) in [6.07, 6.45) is -3.52. The number of nitrogens with one attached hydrogen (secondary N) is 3. The van der Waals surface area contributed by atoms with Crippen LogP contribution in [0.1, 0.15) is 57.0 Å². The number of aryl methyl sites for hydroxylation is 1. The van der Waals surface area contributed by atoms with Crippen LogP contribution in [0.3, 0.4) is 0 Å². The number of hydrogen-bond acceptors (Lipinski definition) is 11. The minimum atomic E-state index is -1.12. The molecule has 15 nitrogen and oxygen atoms in total. The number of hydrogen-bond donors (Lipinski definition) is 3. The number of aromatic nitrogens is 2. The van der Waals surface area contributed by atoms with E-state index in [1.807, 2.05) is 12.1 Å². The van der Waals surface area contributed by atoms with Gasteiger partial charge in [0.25, 0.3) is 5.56 Å². The summed E-state index contributed by atoms with van der Waals surface area (Å²) in [5, 5.41) is 5.08. The Bertz CT molecular complexity index is 1760. The molecule has 0 saturated carbocycles. The summed E-state index contributed by atoms with van der Waals surface area (Å²) in [6.45, 7) is 7.93. The quantitative estimate of drug-likeness (QED) is 0.164. The molecule has 0 unspecified atom stereocenters. The molecule has 0 bridgehead atoms. The van der Waals surface area contributed by atoms with Crippen molar-refractivity contribution in [1.82, 2.24) is 20.2 Å². The van der Waals surface area contributed by atoms with Gasteiger partial charge in [0.1, 0.15) is 50.3 Å². The van der Waals surface area contributed by atoms with Gasteiger partial charge in [-0.15, -0.1) is 0 Å². The molecule has 51 heavy (non-hydrogen) atoms.